The lowest BCUT2D eigenvalue weighted by atomic mass is 10.2. The van der Waals surface area contributed by atoms with Crippen LogP contribution in [0.4, 0.5) is 0 Å². The van der Waals surface area contributed by atoms with Gasteiger partial charge >= 0.3 is 0 Å². The minimum absolute atomic E-state index is 0.0366. The Morgan fingerprint density at radius 2 is 2.11 bits per heavy atom. The number of hydrogen-bond acceptors (Lipinski definition) is 3. The van der Waals surface area contributed by atoms with Crippen molar-refractivity contribution in [3.05, 3.63) is 35.6 Å². The van der Waals surface area contributed by atoms with E-state index < -0.39 is 0 Å². The summed E-state index contributed by atoms with van der Waals surface area (Å²) in [7, 11) is 0. The van der Waals surface area contributed by atoms with E-state index in [1.165, 1.54) is 0 Å². The van der Waals surface area contributed by atoms with Gasteiger partial charge in [0.15, 0.2) is 5.76 Å². The number of furan rings is 1. The Morgan fingerprint density at radius 3 is 2.79 bits per heavy atom. The molecule has 4 nitrogen and oxygen atoms in total. The number of amides is 1. The van der Waals surface area contributed by atoms with Crippen LogP contribution in [-0.2, 0) is 0 Å². The Hall–Kier alpha value is -1.81. The predicted molar refractivity (Wildman–Crippen MR) is 74.2 cm³/mol. The summed E-state index contributed by atoms with van der Waals surface area (Å²) < 4.78 is 5.59. The van der Waals surface area contributed by atoms with Gasteiger partial charge in [-0.2, -0.15) is 0 Å². The first-order chi connectivity index (χ1) is 9.15. The molecule has 0 fully saturated rings. The average molecular weight is 261 g/mol. The van der Waals surface area contributed by atoms with Crippen molar-refractivity contribution in [2.24, 2.45) is 0 Å². The molecule has 2 rings (SSSR count). The summed E-state index contributed by atoms with van der Waals surface area (Å²) in [6.07, 6.45) is 0.852. The highest BCUT2D eigenvalue weighted by Gasteiger charge is 2.18. The fourth-order valence-corrected chi connectivity index (χ4v) is 2.13. The van der Waals surface area contributed by atoms with Crippen molar-refractivity contribution in [1.82, 2.24) is 4.90 Å². The molecule has 4 heteroatoms. The van der Waals surface area contributed by atoms with Crippen molar-refractivity contribution in [3.8, 4) is 0 Å². The van der Waals surface area contributed by atoms with Crippen LogP contribution in [0.15, 0.2) is 28.7 Å². The summed E-state index contributed by atoms with van der Waals surface area (Å²) >= 11 is 0. The first-order valence-corrected chi connectivity index (χ1v) is 6.56. The summed E-state index contributed by atoms with van der Waals surface area (Å²) in [5.74, 6) is 0.173. The van der Waals surface area contributed by atoms with Crippen molar-refractivity contribution < 1.29 is 14.3 Å². The molecule has 0 radical (unpaired) electrons. The number of nitrogens with zero attached hydrogens (tertiary/aromatic N) is 1. The minimum atomic E-state index is -0.162. The third kappa shape index (κ3) is 2.96. The maximum atomic E-state index is 12.3. The molecule has 0 aliphatic carbocycles. The highest BCUT2D eigenvalue weighted by molar-refractivity contribution is 5.96. The lowest BCUT2D eigenvalue weighted by Crippen LogP contribution is -2.33. The second-order valence-corrected chi connectivity index (χ2v) is 4.67. The van der Waals surface area contributed by atoms with Crippen molar-refractivity contribution in [2.75, 3.05) is 19.7 Å². The van der Waals surface area contributed by atoms with Gasteiger partial charge in [0.2, 0.25) is 0 Å². The molecule has 1 N–H and O–H groups in total. The number of benzene rings is 1. The van der Waals surface area contributed by atoms with Gasteiger partial charge in [0.05, 0.1) is 6.61 Å². The smallest absolute Gasteiger partial charge is 0.289 e. The fraction of sp³-hybridized carbons (Fsp3) is 0.400. The molecule has 0 bridgehead atoms. The van der Waals surface area contributed by atoms with Crippen LogP contribution in [0.1, 0.15) is 29.5 Å². The highest BCUT2D eigenvalue weighted by atomic mass is 16.3. The van der Waals surface area contributed by atoms with Crippen LogP contribution in [0, 0.1) is 6.92 Å². The highest BCUT2D eigenvalue weighted by Crippen LogP contribution is 2.21. The summed E-state index contributed by atoms with van der Waals surface area (Å²) in [5.41, 5.74) is 1.85. The molecule has 0 aliphatic rings. The lowest BCUT2D eigenvalue weighted by molar-refractivity contribution is 0.0692. The SMILES string of the molecule is CCCN(CCO)C(=O)c1cc2cc(C)ccc2o1. The predicted octanol–water partition coefficient (Wildman–Crippen LogP) is 2.59. The molecule has 1 heterocycles. The first kappa shape index (κ1) is 13.6. The fourth-order valence-electron chi connectivity index (χ4n) is 2.13. The molecule has 19 heavy (non-hydrogen) atoms. The zero-order valence-electron chi connectivity index (χ0n) is 11.3. The van der Waals surface area contributed by atoms with Crippen LogP contribution in [0.25, 0.3) is 11.0 Å². The van der Waals surface area contributed by atoms with Gasteiger partial charge in [-0.15, -0.1) is 0 Å². The van der Waals surface area contributed by atoms with E-state index in [4.69, 9.17) is 9.52 Å². The van der Waals surface area contributed by atoms with Gasteiger partial charge in [0, 0.05) is 18.5 Å². The van der Waals surface area contributed by atoms with Crippen LogP contribution in [0.5, 0.6) is 0 Å². The molecule has 102 valence electrons. The molecule has 0 aliphatic heterocycles. The molecule has 1 amide bonds. The number of carbonyl (C=O) groups is 1. The van der Waals surface area contributed by atoms with Crippen molar-refractivity contribution >= 4 is 16.9 Å². The van der Waals surface area contributed by atoms with E-state index in [0.717, 1.165) is 23.0 Å². The number of hydrogen-bond donors (Lipinski definition) is 1. The molecule has 1 aromatic heterocycles. The number of aryl methyl sites for hydroxylation is 1. The van der Waals surface area contributed by atoms with E-state index in [2.05, 4.69) is 0 Å². The van der Waals surface area contributed by atoms with Crippen LogP contribution >= 0.6 is 0 Å². The number of aliphatic hydroxyl groups is 1. The molecule has 1 aromatic carbocycles. The third-order valence-corrected chi connectivity index (χ3v) is 3.03. The van der Waals surface area contributed by atoms with Crippen molar-refractivity contribution in [2.45, 2.75) is 20.3 Å². The van der Waals surface area contributed by atoms with E-state index in [1.807, 2.05) is 32.0 Å². The topological polar surface area (TPSA) is 53.7 Å². The molecular formula is C15H19NO3. The van der Waals surface area contributed by atoms with Crippen LogP contribution in [-0.4, -0.2) is 35.6 Å². The Balaban J connectivity index is 2.29. The normalized spacial score (nSPS) is 10.9. The van der Waals surface area contributed by atoms with Gasteiger partial charge in [-0.05, 0) is 31.5 Å². The molecule has 2 aromatic rings. The van der Waals surface area contributed by atoms with Gasteiger partial charge in [-0.25, -0.2) is 0 Å². The maximum absolute atomic E-state index is 12.3. The van der Waals surface area contributed by atoms with Gasteiger partial charge in [0.25, 0.3) is 5.91 Å². The number of carbonyl (C=O) groups excluding carboxylic acids is 1. The van der Waals surface area contributed by atoms with Crippen molar-refractivity contribution in [3.63, 3.8) is 0 Å². The molecular weight excluding hydrogens is 242 g/mol. The van der Waals surface area contributed by atoms with Gasteiger partial charge in [0.1, 0.15) is 5.58 Å². The quantitative estimate of drug-likeness (QED) is 0.900. The second kappa shape index (κ2) is 5.89. The zero-order chi connectivity index (χ0) is 13.8. The van der Waals surface area contributed by atoms with Crippen LogP contribution in [0.2, 0.25) is 0 Å². The summed E-state index contributed by atoms with van der Waals surface area (Å²) in [6, 6.07) is 7.59. The van der Waals surface area contributed by atoms with Crippen molar-refractivity contribution in [1.29, 1.82) is 0 Å². The van der Waals surface area contributed by atoms with Gasteiger partial charge in [-0.1, -0.05) is 18.6 Å². The minimum Gasteiger partial charge on any atom is -0.451 e. The summed E-state index contributed by atoms with van der Waals surface area (Å²) in [6.45, 7) is 4.92. The maximum Gasteiger partial charge on any atom is 0.289 e. The van der Waals surface area contributed by atoms with E-state index >= 15 is 0 Å². The van der Waals surface area contributed by atoms with E-state index in [1.54, 1.807) is 11.0 Å². The third-order valence-electron chi connectivity index (χ3n) is 3.03. The van der Waals surface area contributed by atoms with Crippen LogP contribution < -0.4 is 0 Å². The van der Waals surface area contributed by atoms with E-state index in [9.17, 15) is 4.79 Å². The standard InChI is InChI=1S/C15H19NO3/c1-3-6-16(7-8-17)15(18)14-10-12-9-11(2)4-5-13(12)19-14/h4-5,9-10,17H,3,6-8H2,1-2H3. The largest absolute Gasteiger partial charge is 0.451 e. The number of fused-ring (bicyclic) bond motifs is 1. The average Bonchev–Trinajstić information content (AvgIpc) is 2.80. The Bertz CT molecular complexity index is 568. The first-order valence-electron chi connectivity index (χ1n) is 6.56. The summed E-state index contributed by atoms with van der Waals surface area (Å²) in [5, 5.41) is 9.94. The Labute approximate surface area is 112 Å². The zero-order valence-corrected chi connectivity index (χ0v) is 11.3. The lowest BCUT2D eigenvalue weighted by Gasteiger charge is -2.19. The monoisotopic (exact) mass is 261 g/mol. The molecule has 0 saturated carbocycles. The van der Waals surface area contributed by atoms with E-state index in [0.29, 0.717) is 18.8 Å². The Kier molecular flexibility index (Phi) is 4.22. The Morgan fingerprint density at radius 1 is 1.32 bits per heavy atom. The molecule has 0 atom stereocenters. The second-order valence-electron chi connectivity index (χ2n) is 4.67. The number of rotatable bonds is 5. The summed E-state index contributed by atoms with van der Waals surface area (Å²) in [4.78, 5) is 13.9. The van der Waals surface area contributed by atoms with Gasteiger partial charge < -0.3 is 14.4 Å². The molecule has 0 spiro atoms. The van der Waals surface area contributed by atoms with E-state index in [-0.39, 0.29) is 12.5 Å². The molecule has 0 saturated heterocycles. The number of aliphatic hydroxyl groups excluding tert-OH is 1. The van der Waals surface area contributed by atoms with Crippen LogP contribution in [0.3, 0.4) is 0 Å². The van der Waals surface area contributed by atoms with Gasteiger partial charge in [-0.3, -0.25) is 4.79 Å². The molecule has 0 unspecified atom stereocenters.